The van der Waals surface area contributed by atoms with Crippen molar-refractivity contribution in [2.24, 2.45) is 5.92 Å². The Labute approximate surface area is 171 Å². The number of ether oxygens (including phenoxy) is 2. The molecule has 2 amide bonds. The van der Waals surface area contributed by atoms with Crippen LogP contribution in [0.4, 0.5) is 5.69 Å². The second kappa shape index (κ2) is 8.39. The minimum atomic E-state index is -0.297. The van der Waals surface area contributed by atoms with Gasteiger partial charge in [-0.05, 0) is 35.7 Å². The molecule has 2 aromatic rings. The molecule has 6 nitrogen and oxygen atoms in total. The van der Waals surface area contributed by atoms with Gasteiger partial charge in [0.05, 0.1) is 19.8 Å². The summed E-state index contributed by atoms with van der Waals surface area (Å²) in [6, 6.07) is 14.8. The summed E-state index contributed by atoms with van der Waals surface area (Å²) in [5.41, 5.74) is 2.16. The molecule has 0 atom stereocenters. The first-order valence-electron chi connectivity index (χ1n) is 9.50. The first kappa shape index (κ1) is 20.5. The van der Waals surface area contributed by atoms with Crippen molar-refractivity contribution in [3.8, 4) is 11.5 Å². The Hall–Kier alpha value is -3.28. The van der Waals surface area contributed by atoms with E-state index in [2.05, 4.69) is 0 Å². The Morgan fingerprint density at radius 1 is 0.931 bits per heavy atom. The molecular formula is C23H26N2O4. The number of methoxy groups -OCH3 is 2. The van der Waals surface area contributed by atoms with E-state index in [1.165, 1.54) is 4.90 Å². The average molecular weight is 394 g/mol. The zero-order chi connectivity index (χ0) is 21.1. The van der Waals surface area contributed by atoms with Gasteiger partial charge in [-0.15, -0.1) is 0 Å². The molecule has 3 rings (SSSR count). The summed E-state index contributed by atoms with van der Waals surface area (Å²) in [6.07, 6.45) is 0. The van der Waals surface area contributed by atoms with Crippen LogP contribution in [0.3, 0.4) is 0 Å². The van der Waals surface area contributed by atoms with Crippen LogP contribution >= 0.6 is 0 Å². The summed E-state index contributed by atoms with van der Waals surface area (Å²) in [6.45, 7) is 4.33. The zero-order valence-corrected chi connectivity index (χ0v) is 17.4. The lowest BCUT2D eigenvalue weighted by atomic mass is 10.0. The van der Waals surface area contributed by atoms with Crippen LogP contribution in [0.1, 0.15) is 19.4 Å². The molecule has 0 saturated heterocycles. The highest BCUT2D eigenvalue weighted by Gasteiger charge is 2.41. The number of likely N-dealkylation sites (N-methyl/N-ethyl adjacent to an activating group) is 1. The summed E-state index contributed by atoms with van der Waals surface area (Å²) >= 11 is 0. The number of benzene rings is 2. The van der Waals surface area contributed by atoms with Crippen LogP contribution in [0.15, 0.2) is 54.2 Å². The normalized spacial score (nSPS) is 14.1. The van der Waals surface area contributed by atoms with Gasteiger partial charge in [0.2, 0.25) is 0 Å². The summed E-state index contributed by atoms with van der Waals surface area (Å²) < 4.78 is 10.7. The second-order valence-electron chi connectivity index (χ2n) is 7.30. The molecule has 6 heteroatoms. The van der Waals surface area contributed by atoms with Gasteiger partial charge in [0.25, 0.3) is 11.8 Å². The molecule has 0 N–H and O–H groups in total. The first-order chi connectivity index (χ1) is 13.9. The van der Waals surface area contributed by atoms with Crippen molar-refractivity contribution in [3.63, 3.8) is 0 Å². The lowest BCUT2D eigenvalue weighted by molar-refractivity contribution is -0.137. The molecule has 1 aliphatic heterocycles. The minimum Gasteiger partial charge on any atom is -0.493 e. The quantitative estimate of drug-likeness (QED) is 0.672. The summed E-state index contributed by atoms with van der Waals surface area (Å²) in [7, 11) is 4.90. The molecule has 0 aliphatic carbocycles. The van der Waals surface area contributed by atoms with Gasteiger partial charge >= 0.3 is 0 Å². The van der Waals surface area contributed by atoms with Crippen molar-refractivity contribution in [1.82, 2.24) is 4.90 Å². The molecule has 0 bridgehead atoms. The van der Waals surface area contributed by atoms with Gasteiger partial charge < -0.3 is 14.4 Å². The number of para-hydroxylation sites is 1. The van der Waals surface area contributed by atoms with E-state index in [4.69, 9.17) is 9.47 Å². The maximum atomic E-state index is 13.3. The highest BCUT2D eigenvalue weighted by molar-refractivity contribution is 6.36. The summed E-state index contributed by atoms with van der Waals surface area (Å²) in [5, 5.41) is 0. The number of nitrogens with zero attached hydrogens (tertiary/aromatic N) is 2. The predicted molar refractivity (Wildman–Crippen MR) is 113 cm³/mol. The molecule has 0 spiro atoms. The van der Waals surface area contributed by atoms with Gasteiger partial charge in [0.15, 0.2) is 11.5 Å². The van der Waals surface area contributed by atoms with Crippen LogP contribution in [0.25, 0.3) is 5.57 Å². The molecule has 1 aliphatic rings. The van der Waals surface area contributed by atoms with Crippen molar-refractivity contribution in [2.75, 3.05) is 32.7 Å². The van der Waals surface area contributed by atoms with Crippen molar-refractivity contribution in [1.29, 1.82) is 0 Å². The number of imide groups is 1. The smallest absolute Gasteiger partial charge is 0.278 e. The third-order valence-corrected chi connectivity index (χ3v) is 4.84. The molecule has 29 heavy (non-hydrogen) atoms. The highest BCUT2D eigenvalue weighted by Crippen LogP contribution is 2.37. The maximum Gasteiger partial charge on any atom is 0.278 e. The molecule has 152 valence electrons. The second-order valence-corrected chi connectivity index (χ2v) is 7.30. The van der Waals surface area contributed by atoms with E-state index in [1.807, 2.05) is 44.2 Å². The monoisotopic (exact) mass is 394 g/mol. The molecule has 2 aromatic carbocycles. The summed E-state index contributed by atoms with van der Waals surface area (Å²) in [4.78, 5) is 29.7. The van der Waals surface area contributed by atoms with Gasteiger partial charge in [-0.1, -0.05) is 38.1 Å². The fourth-order valence-corrected chi connectivity index (χ4v) is 3.44. The van der Waals surface area contributed by atoms with Crippen LogP contribution in [-0.4, -0.2) is 44.5 Å². The summed E-state index contributed by atoms with van der Waals surface area (Å²) in [5.74, 6) is 0.636. The van der Waals surface area contributed by atoms with E-state index < -0.39 is 0 Å². The Morgan fingerprint density at radius 3 is 2.17 bits per heavy atom. The van der Waals surface area contributed by atoms with Gasteiger partial charge in [-0.25, -0.2) is 0 Å². The SMILES string of the molecule is COc1ccc(C2=C(N(C)c3ccccc3)C(=O)N(CC(C)C)C2=O)cc1OC. The van der Waals surface area contributed by atoms with E-state index in [9.17, 15) is 9.59 Å². The molecule has 0 radical (unpaired) electrons. The molecule has 0 unspecified atom stereocenters. The number of rotatable bonds is 7. The fourth-order valence-electron chi connectivity index (χ4n) is 3.44. The van der Waals surface area contributed by atoms with Crippen molar-refractivity contribution in [3.05, 3.63) is 59.8 Å². The van der Waals surface area contributed by atoms with Gasteiger partial charge in [-0.2, -0.15) is 0 Å². The van der Waals surface area contributed by atoms with Crippen LogP contribution in [-0.2, 0) is 9.59 Å². The third kappa shape index (κ3) is 3.83. The molecular weight excluding hydrogens is 368 g/mol. The Morgan fingerprint density at radius 2 is 1.59 bits per heavy atom. The van der Waals surface area contributed by atoms with Gasteiger partial charge in [0, 0.05) is 19.3 Å². The van der Waals surface area contributed by atoms with E-state index in [1.54, 1.807) is 44.4 Å². The van der Waals surface area contributed by atoms with Crippen LogP contribution in [0, 0.1) is 5.92 Å². The topological polar surface area (TPSA) is 59.1 Å². The van der Waals surface area contributed by atoms with E-state index in [0.717, 1.165) is 5.69 Å². The Kier molecular flexibility index (Phi) is 5.92. The highest BCUT2D eigenvalue weighted by atomic mass is 16.5. The Bertz CT molecular complexity index is 951. The minimum absolute atomic E-state index is 0.163. The van der Waals surface area contributed by atoms with E-state index in [-0.39, 0.29) is 17.7 Å². The predicted octanol–water partition coefficient (Wildman–Crippen LogP) is 3.58. The van der Waals surface area contributed by atoms with Crippen molar-refractivity contribution >= 4 is 23.1 Å². The largest absolute Gasteiger partial charge is 0.493 e. The average Bonchev–Trinajstić information content (AvgIpc) is 2.97. The van der Waals surface area contributed by atoms with Gasteiger partial charge in [0.1, 0.15) is 5.70 Å². The number of carbonyl (C=O) groups is 2. The number of amides is 2. The number of carbonyl (C=O) groups excluding carboxylic acids is 2. The molecule has 0 saturated carbocycles. The van der Waals surface area contributed by atoms with Crippen molar-refractivity contribution in [2.45, 2.75) is 13.8 Å². The first-order valence-corrected chi connectivity index (χ1v) is 9.50. The van der Waals surface area contributed by atoms with E-state index >= 15 is 0 Å². The van der Waals surface area contributed by atoms with Gasteiger partial charge in [-0.3, -0.25) is 14.5 Å². The van der Waals surface area contributed by atoms with Crippen LogP contribution < -0.4 is 14.4 Å². The Balaban J connectivity index is 2.17. The number of hydrogen-bond donors (Lipinski definition) is 0. The number of anilines is 1. The van der Waals surface area contributed by atoms with Crippen LogP contribution in [0.5, 0.6) is 11.5 Å². The maximum absolute atomic E-state index is 13.3. The molecule has 0 aromatic heterocycles. The fraction of sp³-hybridized carbons (Fsp3) is 0.304. The van der Waals surface area contributed by atoms with Crippen molar-refractivity contribution < 1.29 is 19.1 Å². The standard InChI is InChI=1S/C23H26N2O4/c1-15(2)14-25-22(26)20(16-11-12-18(28-4)19(13-16)29-5)21(23(25)27)24(3)17-9-7-6-8-10-17/h6-13,15H,14H2,1-5H3. The molecule has 0 fully saturated rings. The zero-order valence-electron chi connectivity index (χ0n) is 17.4. The lowest BCUT2D eigenvalue weighted by Crippen LogP contribution is -2.36. The number of hydrogen-bond acceptors (Lipinski definition) is 5. The van der Waals surface area contributed by atoms with Crippen LogP contribution in [0.2, 0.25) is 0 Å². The van der Waals surface area contributed by atoms with E-state index in [0.29, 0.717) is 34.9 Å². The third-order valence-electron chi connectivity index (χ3n) is 4.84. The lowest BCUT2D eigenvalue weighted by Gasteiger charge is -2.22. The molecule has 1 heterocycles.